The molecule has 0 N–H and O–H groups in total. The zero-order valence-electron chi connectivity index (χ0n) is 13.5. The highest BCUT2D eigenvalue weighted by Crippen LogP contribution is 2.39. The number of nitrogens with zero attached hydrogens (tertiary/aromatic N) is 2. The Morgan fingerprint density at radius 1 is 1.28 bits per heavy atom. The summed E-state index contributed by atoms with van der Waals surface area (Å²) in [6, 6.07) is 3.08. The van der Waals surface area contributed by atoms with Gasteiger partial charge in [-0.1, -0.05) is 41.7 Å². The summed E-state index contributed by atoms with van der Waals surface area (Å²) in [5.41, 5.74) is -0.0606. The van der Waals surface area contributed by atoms with Crippen molar-refractivity contribution in [3.63, 3.8) is 0 Å². The van der Waals surface area contributed by atoms with Gasteiger partial charge in [-0.25, -0.2) is 4.79 Å². The van der Waals surface area contributed by atoms with Gasteiger partial charge in [-0.3, -0.25) is 9.79 Å². The summed E-state index contributed by atoms with van der Waals surface area (Å²) in [6.07, 6.45) is 1.70. The molecule has 0 aromatic heterocycles. The van der Waals surface area contributed by atoms with Gasteiger partial charge >= 0.3 is 11.9 Å². The summed E-state index contributed by atoms with van der Waals surface area (Å²) in [5.74, 6) is -2.70. The van der Waals surface area contributed by atoms with Crippen LogP contribution >= 0.6 is 34.8 Å². The molecule has 0 amide bonds. The lowest BCUT2D eigenvalue weighted by Gasteiger charge is -2.10. The van der Waals surface area contributed by atoms with Crippen LogP contribution in [-0.4, -0.2) is 31.4 Å². The molecule has 25 heavy (non-hydrogen) atoms. The first-order chi connectivity index (χ1) is 11.9. The van der Waals surface area contributed by atoms with Gasteiger partial charge < -0.3 is 9.47 Å². The number of hydrogen-bond acceptors (Lipinski definition) is 6. The maximum Gasteiger partial charge on any atom is 0.341 e. The number of hydrogen-bond donors (Lipinski definition) is 0. The Morgan fingerprint density at radius 3 is 2.52 bits per heavy atom. The number of esters is 2. The van der Waals surface area contributed by atoms with Crippen LogP contribution in [0, 0.1) is 17.2 Å². The van der Waals surface area contributed by atoms with Crippen molar-refractivity contribution in [2.24, 2.45) is 10.9 Å². The molecule has 134 valence electrons. The normalized spacial score (nSPS) is 11.8. The van der Waals surface area contributed by atoms with Gasteiger partial charge in [-0.2, -0.15) is 5.26 Å². The van der Waals surface area contributed by atoms with E-state index in [9.17, 15) is 9.59 Å². The predicted molar refractivity (Wildman–Crippen MR) is 95.9 cm³/mol. The van der Waals surface area contributed by atoms with Gasteiger partial charge in [-0.05, 0) is 19.4 Å². The molecule has 1 atom stereocenters. The highest BCUT2D eigenvalue weighted by Gasteiger charge is 2.23. The topological polar surface area (TPSA) is 88.8 Å². The van der Waals surface area contributed by atoms with Crippen molar-refractivity contribution in [1.82, 2.24) is 0 Å². The van der Waals surface area contributed by atoms with Gasteiger partial charge in [0.25, 0.3) is 0 Å². The van der Waals surface area contributed by atoms with Crippen molar-refractivity contribution in [1.29, 1.82) is 5.26 Å². The third-order valence-corrected chi connectivity index (χ3v) is 3.99. The van der Waals surface area contributed by atoms with Crippen molar-refractivity contribution in [2.75, 3.05) is 13.2 Å². The number of rotatable bonds is 7. The second kappa shape index (κ2) is 10.2. The van der Waals surface area contributed by atoms with Gasteiger partial charge in [0, 0.05) is 6.21 Å². The van der Waals surface area contributed by atoms with E-state index in [1.54, 1.807) is 13.0 Å². The van der Waals surface area contributed by atoms with E-state index >= 15 is 0 Å². The van der Waals surface area contributed by atoms with E-state index in [4.69, 9.17) is 49.5 Å². The molecule has 0 heterocycles. The maximum absolute atomic E-state index is 12.0. The minimum atomic E-state index is -1.22. The monoisotopic (exact) mass is 404 g/mol. The quantitative estimate of drug-likeness (QED) is 0.375. The Morgan fingerprint density at radius 2 is 1.96 bits per heavy atom. The highest BCUT2D eigenvalue weighted by molar-refractivity contribution is 6.47. The Bertz CT molecular complexity index is 729. The first-order valence-corrected chi connectivity index (χ1v) is 8.45. The zero-order valence-corrected chi connectivity index (χ0v) is 15.8. The summed E-state index contributed by atoms with van der Waals surface area (Å²) in [5, 5.41) is 8.93. The van der Waals surface area contributed by atoms with Crippen molar-refractivity contribution < 1.29 is 19.1 Å². The zero-order chi connectivity index (χ0) is 19.0. The molecule has 1 unspecified atom stereocenters. The van der Waals surface area contributed by atoms with E-state index in [0.29, 0.717) is 6.42 Å². The minimum absolute atomic E-state index is 0.0309. The lowest BCUT2D eigenvalue weighted by Crippen LogP contribution is -2.17. The number of benzene rings is 1. The first kappa shape index (κ1) is 21.2. The average Bonchev–Trinajstić information content (AvgIpc) is 2.58. The fraction of sp³-hybridized carbons (Fsp3) is 0.375. The van der Waals surface area contributed by atoms with Crippen molar-refractivity contribution >= 4 is 58.6 Å². The fourth-order valence-electron chi connectivity index (χ4n) is 1.66. The van der Waals surface area contributed by atoms with Gasteiger partial charge in [0.15, 0.2) is 5.92 Å². The van der Waals surface area contributed by atoms with Gasteiger partial charge in [0.1, 0.15) is 5.56 Å². The molecular weight excluding hydrogens is 391 g/mol. The summed E-state index contributed by atoms with van der Waals surface area (Å²) in [4.78, 5) is 27.7. The smallest absolute Gasteiger partial charge is 0.341 e. The Hall–Kier alpha value is -1.81. The second-order valence-electron chi connectivity index (χ2n) is 4.65. The Kier molecular flexibility index (Phi) is 8.70. The molecule has 0 saturated heterocycles. The van der Waals surface area contributed by atoms with Crippen LogP contribution in [0.15, 0.2) is 11.1 Å². The molecule has 0 aliphatic heterocycles. The molecule has 1 aromatic rings. The summed E-state index contributed by atoms with van der Waals surface area (Å²) in [6.45, 7) is 3.78. The SMILES string of the molecule is CCCOC(=O)C(C#N)C=Nc1cc(Cl)c(Cl)c(C(=O)OCC)c1Cl. The summed E-state index contributed by atoms with van der Waals surface area (Å²) in [7, 11) is 0. The van der Waals surface area contributed by atoms with Gasteiger partial charge in [-0.15, -0.1) is 0 Å². The maximum atomic E-state index is 12.0. The number of ether oxygens (including phenoxy) is 2. The molecular formula is C16H15Cl3N2O4. The Balaban J connectivity index is 3.19. The minimum Gasteiger partial charge on any atom is -0.464 e. The first-order valence-electron chi connectivity index (χ1n) is 7.32. The van der Waals surface area contributed by atoms with Crippen LogP contribution in [0.1, 0.15) is 30.6 Å². The molecule has 9 heteroatoms. The standard InChI is InChI=1S/C16H15Cl3N2O4/c1-3-5-25-15(22)9(7-20)8-21-11-6-10(17)13(18)12(14(11)19)16(23)24-4-2/h6,8-9H,3-5H2,1-2H3. The van der Waals surface area contributed by atoms with Crippen molar-refractivity contribution in [3.05, 3.63) is 26.7 Å². The molecule has 0 saturated carbocycles. The number of carbonyl (C=O) groups is 2. The van der Waals surface area contributed by atoms with Crippen LogP contribution in [0.25, 0.3) is 0 Å². The van der Waals surface area contributed by atoms with Crippen LogP contribution in [0.4, 0.5) is 5.69 Å². The number of nitriles is 1. The molecule has 0 bridgehead atoms. The van der Waals surface area contributed by atoms with Crippen LogP contribution in [-0.2, 0) is 14.3 Å². The number of carbonyl (C=O) groups excluding carboxylic acids is 2. The third kappa shape index (κ3) is 5.60. The van der Waals surface area contributed by atoms with E-state index in [2.05, 4.69) is 4.99 Å². The van der Waals surface area contributed by atoms with E-state index in [-0.39, 0.29) is 39.5 Å². The molecule has 0 spiro atoms. The van der Waals surface area contributed by atoms with Crippen molar-refractivity contribution in [3.8, 4) is 6.07 Å². The van der Waals surface area contributed by atoms with Gasteiger partial charge in [0.05, 0.1) is 40.0 Å². The van der Waals surface area contributed by atoms with Crippen LogP contribution in [0.2, 0.25) is 15.1 Å². The summed E-state index contributed by atoms with van der Waals surface area (Å²) < 4.78 is 9.78. The highest BCUT2D eigenvalue weighted by atomic mass is 35.5. The molecule has 1 aromatic carbocycles. The lowest BCUT2D eigenvalue weighted by molar-refractivity contribution is -0.144. The molecule has 1 rings (SSSR count). The molecule has 0 aliphatic rings. The van der Waals surface area contributed by atoms with Crippen LogP contribution in [0.5, 0.6) is 0 Å². The molecule has 0 aliphatic carbocycles. The van der Waals surface area contributed by atoms with Crippen LogP contribution < -0.4 is 0 Å². The predicted octanol–water partition coefficient (Wildman–Crippen LogP) is 4.62. The van der Waals surface area contributed by atoms with E-state index < -0.39 is 17.9 Å². The van der Waals surface area contributed by atoms with Crippen LogP contribution in [0.3, 0.4) is 0 Å². The Labute approximate surface area is 160 Å². The lowest BCUT2D eigenvalue weighted by atomic mass is 10.1. The largest absolute Gasteiger partial charge is 0.464 e. The second-order valence-corrected chi connectivity index (χ2v) is 5.82. The molecule has 6 nitrogen and oxygen atoms in total. The summed E-state index contributed by atoms with van der Waals surface area (Å²) >= 11 is 18.1. The molecule has 0 radical (unpaired) electrons. The van der Waals surface area contributed by atoms with Crippen molar-refractivity contribution in [2.45, 2.75) is 20.3 Å². The number of aliphatic imine (C=N–C) groups is 1. The number of halogens is 3. The third-order valence-electron chi connectivity index (χ3n) is 2.82. The fourth-order valence-corrected chi connectivity index (χ4v) is 2.41. The van der Waals surface area contributed by atoms with Gasteiger partial charge in [0.2, 0.25) is 0 Å². The average molecular weight is 406 g/mol. The van der Waals surface area contributed by atoms with E-state index in [0.717, 1.165) is 6.21 Å². The van der Waals surface area contributed by atoms with E-state index in [1.807, 2.05) is 6.92 Å². The molecule has 0 fully saturated rings. The van der Waals surface area contributed by atoms with E-state index in [1.165, 1.54) is 6.07 Å².